The van der Waals surface area contributed by atoms with Crippen molar-refractivity contribution < 1.29 is 13.2 Å². The topological polar surface area (TPSA) is 37.0 Å². The summed E-state index contributed by atoms with van der Waals surface area (Å²) in [4.78, 5) is 3.52. The molecule has 1 aromatic heterocycles. The maximum atomic E-state index is 12.4. The van der Waals surface area contributed by atoms with Gasteiger partial charge in [0.1, 0.15) is 11.5 Å². The number of nitrogens with one attached hydrogen (secondary N) is 2. The number of alkyl halides is 3. The quantitative estimate of drug-likeness (QED) is 0.838. The lowest BCUT2D eigenvalue weighted by Gasteiger charge is -2.13. The van der Waals surface area contributed by atoms with Gasteiger partial charge in [-0.3, -0.25) is 0 Å². The van der Waals surface area contributed by atoms with E-state index < -0.39 is 11.9 Å². The summed E-state index contributed by atoms with van der Waals surface area (Å²) < 4.78 is 37.2. The molecule has 0 aromatic carbocycles. The smallest absolute Gasteiger partial charge is 0.370 e. The predicted molar refractivity (Wildman–Crippen MR) is 60.8 cm³/mol. The number of aromatic nitrogens is 1. The molecule has 0 saturated heterocycles. The zero-order valence-corrected chi connectivity index (χ0v) is 9.80. The molecule has 0 bridgehead atoms. The van der Waals surface area contributed by atoms with Crippen LogP contribution in [-0.4, -0.2) is 25.1 Å². The second-order valence-electron chi connectivity index (χ2n) is 3.95. The van der Waals surface area contributed by atoms with E-state index in [2.05, 4.69) is 15.6 Å². The van der Waals surface area contributed by atoms with Crippen LogP contribution in [0.3, 0.4) is 0 Å². The lowest BCUT2D eigenvalue weighted by Crippen LogP contribution is -2.23. The van der Waals surface area contributed by atoms with Gasteiger partial charge in [0.25, 0.3) is 0 Å². The average Bonchev–Trinajstić information content (AvgIpc) is 2.26. The van der Waals surface area contributed by atoms with E-state index >= 15 is 0 Å². The van der Waals surface area contributed by atoms with Gasteiger partial charge in [0, 0.05) is 6.54 Å². The van der Waals surface area contributed by atoms with Crippen LogP contribution in [0, 0.1) is 5.92 Å². The molecular formula is C11H16F3N3. The Morgan fingerprint density at radius 3 is 2.59 bits per heavy atom. The minimum Gasteiger partial charge on any atom is -0.370 e. The highest BCUT2D eigenvalue weighted by Crippen LogP contribution is 2.28. The van der Waals surface area contributed by atoms with Crippen molar-refractivity contribution in [2.75, 3.05) is 25.5 Å². The number of rotatable bonds is 5. The fourth-order valence-electron chi connectivity index (χ4n) is 1.39. The van der Waals surface area contributed by atoms with Crippen molar-refractivity contribution in [2.24, 2.45) is 5.92 Å². The molecule has 1 unspecified atom stereocenters. The van der Waals surface area contributed by atoms with Crippen LogP contribution in [0.4, 0.5) is 19.0 Å². The molecule has 0 amide bonds. The minimum atomic E-state index is -4.39. The number of hydrogen-bond donors (Lipinski definition) is 2. The van der Waals surface area contributed by atoms with Gasteiger partial charge in [0.2, 0.25) is 0 Å². The Hall–Kier alpha value is -1.30. The van der Waals surface area contributed by atoms with Crippen LogP contribution in [-0.2, 0) is 6.18 Å². The van der Waals surface area contributed by atoms with Crippen LogP contribution >= 0.6 is 0 Å². The number of pyridine rings is 1. The van der Waals surface area contributed by atoms with Crippen LogP contribution in [0.2, 0.25) is 0 Å². The van der Waals surface area contributed by atoms with Crippen molar-refractivity contribution in [2.45, 2.75) is 13.1 Å². The van der Waals surface area contributed by atoms with Crippen LogP contribution in [0.5, 0.6) is 0 Å². The van der Waals surface area contributed by atoms with Crippen molar-refractivity contribution in [3.05, 3.63) is 23.9 Å². The van der Waals surface area contributed by atoms with Gasteiger partial charge in [-0.25, -0.2) is 4.98 Å². The molecule has 3 nitrogen and oxygen atoms in total. The fraction of sp³-hybridized carbons (Fsp3) is 0.545. The van der Waals surface area contributed by atoms with E-state index in [4.69, 9.17) is 0 Å². The number of anilines is 1. The van der Waals surface area contributed by atoms with Crippen molar-refractivity contribution in [1.29, 1.82) is 0 Å². The molecule has 0 spiro atoms. The molecule has 17 heavy (non-hydrogen) atoms. The molecule has 0 aliphatic rings. The van der Waals surface area contributed by atoms with Gasteiger partial charge in [0.05, 0.1) is 0 Å². The van der Waals surface area contributed by atoms with Crippen LogP contribution < -0.4 is 10.6 Å². The molecule has 0 radical (unpaired) electrons. The van der Waals surface area contributed by atoms with Gasteiger partial charge < -0.3 is 10.6 Å². The fourth-order valence-corrected chi connectivity index (χ4v) is 1.39. The monoisotopic (exact) mass is 247 g/mol. The van der Waals surface area contributed by atoms with Crippen molar-refractivity contribution in [3.63, 3.8) is 0 Å². The van der Waals surface area contributed by atoms with E-state index in [0.717, 1.165) is 12.6 Å². The molecule has 0 saturated carbocycles. The van der Waals surface area contributed by atoms with Gasteiger partial charge in [0.15, 0.2) is 0 Å². The van der Waals surface area contributed by atoms with E-state index in [-0.39, 0.29) is 5.82 Å². The van der Waals surface area contributed by atoms with Gasteiger partial charge >= 0.3 is 6.18 Å². The molecule has 0 fully saturated rings. The highest BCUT2D eigenvalue weighted by molar-refractivity contribution is 5.35. The average molecular weight is 247 g/mol. The Labute approximate surface area is 98.4 Å². The Balaban J connectivity index is 2.60. The standard InChI is InChI=1S/C11H16F3N3/c1-8(6-15-2)7-16-10-5-3-4-9(17-10)11(12,13)14/h3-5,8,15H,6-7H2,1-2H3,(H,16,17). The van der Waals surface area contributed by atoms with Gasteiger partial charge in [-0.2, -0.15) is 13.2 Å². The summed E-state index contributed by atoms with van der Waals surface area (Å²) in [7, 11) is 1.83. The molecule has 96 valence electrons. The van der Waals surface area contributed by atoms with Crippen LogP contribution in [0.25, 0.3) is 0 Å². The first-order valence-corrected chi connectivity index (χ1v) is 5.36. The highest BCUT2D eigenvalue weighted by atomic mass is 19.4. The minimum absolute atomic E-state index is 0.253. The van der Waals surface area contributed by atoms with E-state index in [1.54, 1.807) is 0 Å². The maximum absolute atomic E-state index is 12.4. The van der Waals surface area contributed by atoms with E-state index in [1.165, 1.54) is 12.1 Å². The third kappa shape index (κ3) is 4.60. The first-order valence-electron chi connectivity index (χ1n) is 5.36. The van der Waals surface area contributed by atoms with Crippen LogP contribution in [0.1, 0.15) is 12.6 Å². The predicted octanol–water partition coefficient (Wildman–Crippen LogP) is 2.37. The van der Waals surface area contributed by atoms with Crippen molar-refractivity contribution in [3.8, 4) is 0 Å². The summed E-state index contributed by atoms with van der Waals surface area (Å²) in [5, 5.41) is 5.89. The lowest BCUT2D eigenvalue weighted by atomic mass is 10.2. The largest absolute Gasteiger partial charge is 0.433 e. The van der Waals surface area contributed by atoms with Gasteiger partial charge in [-0.05, 0) is 31.6 Å². The Kier molecular flexibility index (Phi) is 4.74. The summed E-state index contributed by atoms with van der Waals surface area (Å²) in [6, 6.07) is 3.84. The number of halogens is 3. The zero-order valence-electron chi connectivity index (χ0n) is 9.80. The Morgan fingerprint density at radius 1 is 1.29 bits per heavy atom. The molecular weight excluding hydrogens is 231 g/mol. The zero-order chi connectivity index (χ0) is 12.9. The number of hydrogen-bond acceptors (Lipinski definition) is 3. The second-order valence-corrected chi connectivity index (χ2v) is 3.95. The highest BCUT2D eigenvalue weighted by Gasteiger charge is 2.32. The summed E-state index contributed by atoms with van der Waals surface area (Å²) >= 11 is 0. The van der Waals surface area contributed by atoms with E-state index in [1.807, 2.05) is 14.0 Å². The summed E-state index contributed by atoms with van der Waals surface area (Å²) in [6.45, 7) is 3.37. The van der Waals surface area contributed by atoms with Crippen molar-refractivity contribution in [1.82, 2.24) is 10.3 Å². The third-order valence-corrected chi connectivity index (χ3v) is 2.22. The molecule has 1 heterocycles. The molecule has 1 aromatic rings. The first kappa shape index (κ1) is 13.8. The number of nitrogens with zero attached hydrogens (tertiary/aromatic N) is 1. The van der Waals surface area contributed by atoms with Crippen LogP contribution in [0.15, 0.2) is 18.2 Å². The maximum Gasteiger partial charge on any atom is 0.433 e. The van der Waals surface area contributed by atoms with E-state index in [9.17, 15) is 13.2 Å². The van der Waals surface area contributed by atoms with Gasteiger partial charge in [-0.15, -0.1) is 0 Å². The molecule has 1 rings (SSSR count). The Morgan fingerprint density at radius 2 is 2.00 bits per heavy atom. The summed E-state index contributed by atoms with van der Waals surface area (Å²) in [6.07, 6.45) is -4.39. The SMILES string of the molecule is CNCC(C)CNc1cccc(C(F)(F)F)n1. The molecule has 0 aliphatic carbocycles. The van der Waals surface area contributed by atoms with Crippen molar-refractivity contribution >= 4 is 5.82 Å². The third-order valence-electron chi connectivity index (χ3n) is 2.22. The van der Waals surface area contributed by atoms with Gasteiger partial charge in [-0.1, -0.05) is 13.0 Å². The second kappa shape index (κ2) is 5.86. The molecule has 6 heteroatoms. The molecule has 0 aliphatic heterocycles. The molecule has 1 atom stereocenters. The lowest BCUT2D eigenvalue weighted by molar-refractivity contribution is -0.141. The Bertz CT molecular complexity index is 352. The van der Waals surface area contributed by atoms with E-state index in [0.29, 0.717) is 12.5 Å². The molecule has 2 N–H and O–H groups in total. The normalized spacial score (nSPS) is 13.5. The summed E-state index contributed by atoms with van der Waals surface area (Å²) in [5.41, 5.74) is -0.872. The summed E-state index contributed by atoms with van der Waals surface area (Å²) in [5.74, 6) is 0.569. The first-order chi connectivity index (χ1) is 7.93.